The molecule has 1 saturated heterocycles. The Morgan fingerprint density at radius 2 is 1.93 bits per heavy atom. The van der Waals surface area contributed by atoms with Crippen molar-refractivity contribution in [3.63, 3.8) is 0 Å². The summed E-state index contributed by atoms with van der Waals surface area (Å²) in [4.78, 5) is 14.6. The maximum absolute atomic E-state index is 12.4. The van der Waals surface area contributed by atoms with Gasteiger partial charge >= 0.3 is 0 Å². The molecule has 1 fully saturated rings. The SMILES string of the molecule is Cc1ccc(C(=O)N[C@@H]2CCN(c3cc(-c4ccc(Cl)cc4)[nH]n3)C2)cc1. The van der Waals surface area contributed by atoms with E-state index in [-0.39, 0.29) is 11.9 Å². The highest BCUT2D eigenvalue weighted by atomic mass is 35.5. The highest BCUT2D eigenvalue weighted by molar-refractivity contribution is 6.30. The summed E-state index contributed by atoms with van der Waals surface area (Å²) in [6.45, 7) is 3.63. The van der Waals surface area contributed by atoms with Crippen molar-refractivity contribution in [2.45, 2.75) is 19.4 Å². The van der Waals surface area contributed by atoms with Gasteiger partial charge in [-0.05, 0) is 43.2 Å². The number of carbonyl (C=O) groups excluding carboxylic acids is 1. The molecule has 0 unspecified atom stereocenters. The second-order valence-electron chi connectivity index (χ2n) is 6.92. The van der Waals surface area contributed by atoms with Gasteiger partial charge in [0.2, 0.25) is 0 Å². The third-order valence-electron chi connectivity index (χ3n) is 4.88. The lowest BCUT2D eigenvalue weighted by Crippen LogP contribution is -2.37. The zero-order valence-electron chi connectivity index (χ0n) is 15.1. The first-order chi connectivity index (χ1) is 13.1. The van der Waals surface area contributed by atoms with E-state index >= 15 is 0 Å². The van der Waals surface area contributed by atoms with Crippen molar-refractivity contribution < 1.29 is 4.79 Å². The second kappa shape index (κ2) is 7.45. The van der Waals surface area contributed by atoms with E-state index in [4.69, 9.17) is 11.6 Å². The summed E-state index contributed by atoms with van der Waals surface area (Å²) >= 11 is 5.95. The average molecular weight is 381 g/mol. The number of benzene rings is 2. The van der Waals surface area contributed by atoms with E-state index < -0.39 is 0 Å². The molecule has 138 valence electrons. The number of hydrogen-bond acceptors (Lipinski definition) is 3. The zero-order chi connectivity index (χ0) is 18.8. The van der Waals surface area contributed by atoms with Crippen LogP contribution in [-0.4, -0.2) is 35.2 Å². The number of nitrogens with one attached hydrogen (secondary N) is 2. The summed E-state index contributed by atoms with van der Waals surface area (Å²) < 4.78 is 0. The molecule has 0 saturated carbocycles. The minimum atomic E-state index is -0.0225. The van der Waals surface area contributed by atoms with E-state index in [9.17, 15) is 4.79 Å². The molecule has 6 heteroatoms. The highest BCUT2D eigenvalue weighted by Gasteiger charge is 2.26. The lowest BCUT2D eigenvalue weighted by Gasteiger charge is -2.16. The number of halogens is 1. The Hall–Kier alpha value is -2.79. The molecule has 1 amide bonds. The Balaban J connectivity index is 1.39. The van der Waals surface area contributed by atoms with Gasteiger partial charge in [0.15, 0.2) is 5.82 Å². The fourth-order valence-electron chi connectivity index (χ4n) is 3.31. The minimum absolute atomic E-state index is 0.0225. The number of hydrogen-bond donors (Lipinski definition) is 2. The standard InChI is InChI=1S/C21H21ClN4O/c1-14-2-4-16(5-3-14)21(27)23-18-10-11-26(13-18)20-12-19(24-25-20)15-6-8-17(22)9-7-15/h2-9,12,18H,10-11,13H2,1H3,(H,23,27)(H,24,25)/t18-/m1/s1. The van der Waals surface area contributed by atoms with Crippen LogP contribution in [0.2, 0.25) is 5.02 Å². The van der Waals surface area contributed by atoms with Crippen molar-refractivity contribution in [3.05, 3.63) is 70.7 Å². The van der Waals surface area contributed by atoms with E-state index in [0.717, 1.165) is 42.1 Å². The van der Waals surface area contributed by atoms with Crippen LogP contribution in [0.1, 0.15) is 22.3 Å². The van der Waals surface area contributed by atoms with Crippen molar-refractivity contribution in [2.75, 3.05) is 18.0 Å². The maximum Gasteiger partial charge on any atom is 0.251 e. The molecule has 2 heterocycles. The van der Waals surface area contributed by atoms with Crippen LogP contribution >= 0.6 is 11.6 Å². The molecule has 2 N–H and O–H groups in total. The minimum Gasteiger partial charge on any atom is -0.353 e. The van der Waals surface area contributed by atoms with Gasteiger partial charge < -0.3 is 10.2 Å². The van der Waals surface area contributed by atoms with Crippen molar-refractivity contribution >= 4 is 23.3 Å². The molecule has 0 aliphatic carbocycles. The van der Waals surface area contributed by atoms with Gasteiger partial charge in [-0.25, -0.2) is 0 Å². The van der Waals surface area contributed by atoms with E-state index in [2.05, 4.69) is 20.4 Å². The van der Waals surface area contributed by atoms with Gasteiger partial charge in [-0.2, -0.15) is 5.10 Å². The van der Waals surface area contributed by atoms with Crippen LogP contribution in [0.15, 0.2) is 54.6 Å². The first kappa shape index (κ1) is 17.6. The fourth-order valence-corrected chi connectivity index (χ4v) is 3.44. The molecule has 0 bridgehead atoms. The molecule has 1 aliphatic heterocycles. The van der Waals surface area contributed by atoms with Gasteiger partial charge in [-0.15, -0.1) is 0 Å². The molecule has 5 nitrogen and oxygen atoms in total. The normalized spacial score (nSPS) is 16.5. The van der Waals surface area contributed by atoms with Gasteiger partial charge in [0.05, 0.1) is 5.69 Å². The van der Waals surface area contributed by atoms with Crippen LogP contribution in [0.3, 0.4) is 0 Å². The molecule has 3 aromatic rings. The molecule has 0 radical (unpaired) electrons. The van der Waals surface area contributed by atoms with Crippen LogP contribution in [-0.2, 0) is 0 Å². The maximum atomic E-state index is 12.4. The van der Waals surface area contributed by atoms with Gasteiger partial charge in [0.25, 0.3) is 5.91 Å². The predicted molar refractivity (Wildman–Crippen MR) is 108 cm³/mol. The number of aromatic nitrogens is 2. The monoisotopic (exact) mass is 380 g/mol. The van der Waals surface area contributed by atoms with Crippen molar-refractivity contribution in [1.82, 2.24) is 15.5 Å². The number of aromatic amines is 1. The van der Waals surface area contributed by atoms with E-state index in [1.54, 1.807) is 0 Å². The smallest absolute Gasteiger partial charge is 0.251 e. The lowest BCUT2D eigenvalue weighted by atomic mass is 10.1. The fraction of sp³-hybridized carbons (Fsp3) is 0.238. The van der Waals surface area contributed by atoms with Crippen LogP contribution in [0.25, 0.3) is 11.3 Å². The zero-order valence-corrected chi connectivity index (χ0v) is 15.8. The first-order valence-electron chi connectivity index (χ1n) is 9.02. The predicted octanol–water partition coefficient (Wildman–Crippen LogP) is 4.05. The highest BCUT2D eigenvalue weighted by Crippen LogP contribution is 2.25. The number of anilines is 1. The molecule has 0 spiro atoms. The first-order valence-corrected chi connectivity index (χ1v) is 9.40. The Morgan fingerprint density at radius 3 is 2.67 bits per heavy atom. The number of amides is 1. The summed E-state index contributed by atoms with van der Waals surface area (Å²) in [5.41, 5.74) is 3.84. The third kappa shape index (κ3) is 3.98. The van der Waals surface area contributed by atoms with Crippen molar-refractivity contribution in [3.8, 4) is 11.3 Å². The molecule has 4 rings (SSSR count). The van der Waals surface area contributed by atoms with Crippen molar-refractivity contribution in [2.24, 2.45) is 0 Å². The number of rotatable bonds is 4. The number of carbonyl (C=O) groups is 1. The van der Waals surface area contributed by atoms with E-state index in [1.807, 2.05) is 61.5 Å². The lowest BCUT2D eigenvalue weighted by molar-refractivity contribution is 0.0940. The van der Waals surface area contributed by atoms with Gasteiger partial charge in [-0.1, -0.05) is 41.4 Å². The average Bonchev–Trinajstić information content (AvgIpc) is 3.32. The van der Waals surface area contributed by atoms with Crippen molar-refractivity contribution in [1.29, 1.82) is 0 Å². The quantitative estimate of drug-likeness (QED) is 0.717. The number of nitrogens with zero attached hydrogens (tertiary/aromatic N) is 2. The Morgan fingerprint density at radius 1 is 1.19 bits per heavy atom. The molecule has 2 aromatic carbocycles. The Kier molecular flexibility index (Phi) is 4.86. The van der Waals surface area contributed by atoms with Crippen LogP contribution in [0.5, 0.6) is 0 Å². The third-order valence-corrected chi connectivity index (χ3v) is 5.13. The summed E-state index contributed by atoms with van der Waals surface area (Å²) in [5.74, 6) is 0.873. The molecular formula is C21H21ClN4O. The van der Waals surface area contributed by atoms with E-state index in [0.29, 0.717) is 10.6 Å². The Labute approximate surface area is 163 Å². The summed E-state index contributed by atoms with van der Waals surface area (Å²) in [6, 6.07) is 17.5. The van der Waals surface area contributed by atoms with Gasteiger partial charge in [-0.3, -0.25) is 9.89 Å². The molecule has 1 aliphatic rings. The molecule has 27 heavy (non-hydrogen) atoms. The number of H-pyrrole nitrogens is 1. The van der Waals surface area contributed by atoms with Gasteiger partial charge in [0, 0.05) is 35.8 Å². The molecular weight excluding hydrogens is 360 g/mol. The largest absolute Gasteiger partial charge is 0.353 e. The van der Waals surface area contributed by atoms with Crippen LogP contribution < -0.4 is 10.2 Å². The topological polar surface area (TPSA) is 61.0 Å². The van der Waals surface area contributed by atoms with E-state index in [1.165, 1.54) is 0 Å². The summed E-state index contributed by atoms with van der Waals surface area (Å²) in [7, 11) is 0. The molecule has 1 aromatic heterocycles. The van der Waals surface area contributed by atoms with Crippen LogP contribution in [0, 0.1) is 6.92 Å². The summed E-state index contributed by atoms with van der Waals surface area (Å²) in [5, 5.41) is 11.4. The second-order valence-corrected chi connectivity index (χ2v) is 7.35. The number of aryl methyl sites for hydroxylation is 1. The summed E-state index contributed by atoms with van der Waals surface area (Å²) in [6.07, 6.45) is 0.904. The van der Waals surface area contributed by atoms with Crippen LogP contribution in [0.4, 0.5) is 5.82 Å². The van der Waals surface area contributed by atoms with Gasteiger partial charge in [0.1, 0.15) is 0 Å². The Bertz CT molecular complexity index is 934. The molecule has 1 atom stereocenters.